The highest BCUT2D eigenvalue weighted by molar-refractivity contribution is 5.95. The molecule has 0 saturated carbocycles. The molecular formula is C17H18N4O3. The summed E-state index contributed by atoms with van der Waals surface area (Å²) in [7, 11) is 0. The summed E-state index contributed by atoms with van der Waals surface area (Å²) in [6.45, 7) is 2.75. The molecule has 1 aromatic carbocycles. The average molecular weight is 326 g/mol. The number of carboxylic acid groups (broad SMARTS) is 1. The number of aromatic carboxylic acids is 1. The summed E-state index contributed by atoms with van der Waals surface area (Å²) in [5.41, 5.74) is 1.86. The summed E-state index contributed by atoms with van der Waals surface area (Å²) < 4.78 is 0. The Kier molecular flexibility index (Phi) is 4.41. The monoisotopic (exact) mass is 326 g/mol. The summed E-state index contributed by atoms with van der Waals surface area (Å²) in [4.78, 5) is 32.2. The molecule has 124 valence electrons. The van der Waals surface area contributed by atoms with Crippen LogP contribution in [-0.2, 0) is 4.79 Å². The second-order valence-corrected chi connectivity index (χ2v) is 5.70. The van der Waals surface area contributed by atoms with Gasteiger partial charge < -0.3 is 15.3 Å². The fraction of sp³-hybridized carbons (Fsp3) is 0.294. The minimum Gasteiger partial charge on any atom is -0.476 e. The number of hydrogen-bond donors (Lipinski definition) is 2. The molecule has 0 aliphatic carbocycles. The quantitative estimate of drug-likeness (QED) is 0.876. The Morgan fingerprint density at radius 2 is 2.00 bits per heavy atom. The Labute approximate surface area is 139 Å². The Morgan fingerprint density at radius 1 is 1.25 bits per heavy atom. The first-order valence-electron chi connectivity index (χ1n) is 7.77. The van der Waals surface area contributed by atoms with E-state index < -0.39 is 5.97 Å². The van der Waals surface area contributed by atoms with E-state index in [0.29, 0.717) is 12.2 Å². The second-order valence-electron chi connectivity index (χ2n) is 5.70. The Bertz CT molecular complexity index is 743. The molecule has 2 heterocycles. The van der Waals surface area contributed by atoms with Crippen LogP contribution in [0.15, 0.2) is 36.7 Å². The summed E-state index contributed by atoms with van der Waals surface area (Å²) in [5, 5.41) is 12.0. The Balaban J connectivity index is 1.67. The number of aromatic nitrogens is 2. The molecule has 1 aromatic heterocycles. The summed E-state index contributed by atoms with van der Waals surface area (Å²) >= 11 is 0. The maximum atomic E-state index is 11.8. The number of nitrogens with one attached hydrogen (secondary N) is 1. The number of carboxylic acids is 1. The van der Waals surface area contributed by atoms with Gasteiger partial charge >= 0.3 is 5.97 Å². The van der Waals surface area contributed by atoms with Crippen molar-refractivity contribution in [3.63, 3.8) is 0 Å². The number of carbonyl (C=O) groups excluding carboxylic acids is 1. The number of benzene rings is 1. The molecule has 1 amide bonds. The summed E-state index contributed by atoms with van der Waals surface area (Å²) in [6, 6.07) is 7.79. The van der Waals surface area contributed by atoms with Crippen molar-refractivity contribution < 1.29 is 14.7 Å². The zero-order chi connectivity index (χ0) is 17.1. The van der Waals surface area contributed by atoms with Gasteiger partial charge in [-0.3, -0.25) is 4.79 Å². The van der Waals surface area contributed by atoms with Crippen molar-refractivity contribution in [3.05, 3.63) is 47.9 Å². The van der Waals surface area contributed by atoms with Crippen molar-refractivity contribution in [2.24, 2.45) is 0 Å². The molecule has 3 rings (SSSR count). The van der Waals surface area contributed by atoms with Crippen LogP contribution in [0.25, 0.3) is 0 Å². The molecule has 7 heteroatoms. The molecule has 0 spiro atoms. The molecule has 1 unspecified atom stereocenters. The van der Waals surface area contributed by atoms with Gasteiger partial charge in [0.15, 0.2) is 5.69 Å². The first-order chi connectivity index (χ1) is 11.5. The van der Waals surface area contributed by atoms with E-state index in [1.807, 2.05) is 31.2 Å². The third kappa shape index (κ3) is 3.34. The number of anilines is 2. The number of rotatable bonds is 5. The van der Waals surface area contributed by atoms with Gasteiger partial charge in [-0.1, -0.05) is 12.1 Å². The molecule has 2 aromatic rings. The van der Waals surface area contributed by atoms with Gasteiger partial charge in [0.25, 0.3) is 0 Å². The first kappa shape index (κ1) is 15.9. The first-order valence-corrected chi connectivity index (χ1v) is 7.77. The van der Waals surface area contributed by atoms with Crippen LogP contribution in [0.5, 0.6) is 0 Å². The molecule has 1 aliphatic rings. The largest absolute Gasteiger partial charge is 0.476 e. The van der Waals surface area contributed by atoms with Gasteiger partial charge in [0.1, 0.15) is 5.82 Å². The van der Waals surface area contributed by atoms with Crippen molar-refractivity contribution in [2.75, 3.05) is 16.8 Å². The standard InChI is InChI=1S/C17H18N4O3/c1-11(20-15-10-18-14(9-19-15)17(23)24)12-4-6-13(7-5-12)21-8-2-3-16(21)22/h4-7,9-11H,2-3,8H2,1H3,(H,19,20)(H,23,24). The van der Waals surface area contributed by atoms with E-state index in [1.165, 1.54) is 12.4 Å². The minimum absolute atomic E-state index is 0.0293. The Morgan fingerprint density at radius 3 is 2.54 bits per heavy atom. The highest BCUT2D eigenvalue weighted by Gasteiger charge is 2.21. The van der Waals surface area contributed by atoms with Crippen LogP contribution < -0.4 is 10.2 Å². The summed E-state index contributed by atoms with van der Waals surface area (Å²) in [6.07, 6.45) is 4.14. The van der Waals surface area contributed by atoms with E-state index in [2.05, 4.69) is 15.3 Å². The third-order valence-corrected chi connectivity index (χ3v) is 4.01. The maximum Gasteiger partial charge on any atom is 0.356 e. The smallest absolute Gasteiger partial charge is 0.356 e. The molecule has 1 saturated heterocycles. The lowest BCUT2D eigenvalue weighted by Gasteiger charge is -2.18. The number of nitrogens with zero attached hydrogens (tertiary/aromatic N) is 3. The van der Waals surface area contributed by atoms with Crippen LogP contribution in [0.4, 0.5) is 11.5 Å². The van der Waals surface area contributed by atoms with E-state index in [-0.39, 0.29) is 17.6 Å². The molecule has 0 bridgehead atoms. The predicted molar refractivity (Wildman–Crippen MR) is 89.1 cm³/mol. The van der Waals surface area contributed by atoms with Crippen molar-refractivity contribution in [1.82, 2.24) is 9.97 Å². The van der Waals surface area contributed by atoms with Crippen LogP contribution in [0, 0.1) is 0 Å². The van der Waals surface area contributed by atoms with Gasteiger partial charge in [-0.2, -0.15) is 0 Å². The highest BCUT2D eigenvalue weighted by atomic mass is 16.4. The highest BCUT2D eigenvalue weighted by Crippen LogP contribution is 2.24. The molecule has 1 atom stereocenters. The van der Waals surface area contributed by atoms with Crippen LogP contribution in [0.2, 0.25) is 0 Å². The van der Waals surface area contributed by atoms with Crippen LogP contribution >= 0.6 is 0 Å². The molecule has 1 aliphatic heterocycles. The lowest BCUT2D eigenvalue weighted by atomic mass is 10.1. The SMILES string of the molecule is CC(Nc1cnc(C(=O)O)cn1)c1ccc(N2CCCC2=O)cc1. The van der Waals surface area contributed by atoms with Gasteiger partial charge in [-0.05, 0) is 31.0 Å². The molecule has 24 heavy (non-hydrogen) atoms. The van der Waals surface area contributed by atoms with Crippen molar-refractivity contribution in [3.8, 4) is 0 Å². The van der Waals surface area contributed by atoms with Crippen molar-refractivity contribution in [1.29, 1.82) is 0 Å². The van der Waals surface area contributed by atoms with E-state index >= 15 is 0 Å². The number of carbonyl (C=O) groups is 2. The van der Waals surface area contributed by atoms with Gasteiger partial charge in [-0.15, -0.1) is 0 Å². The molecule has 0 radical (unpaired) electrons. The molecule has 7 nitrogen and oxygen atoms in total. The zero-order valence-electron chi connectivity index (χ0n) is 13.3. The van der Waals surface area contributed by atoms with Crippen LogP contribution in [0.3, 0.4) is 0 Å². The molecule has 1 fully saturated rings. The van der Waals surface area contributed by atoms with Crippen LogP contribution in [0.1, 0.15) is 41.9 Å². The second kappa shape index (κ2) is 6.66. The summed E-state index contributed by atoms with van der Waals surface area (Å²) in [5.74, 6) is -0.428. The van der Waals surface area contributed by atoms with Gasteiger partial charge in [0.05, 0.1) is 12.4 Å². The maximum absolute atomic E-state index is 11.8. The average Bonchev–Trinajstić information content (AvgIpc) is 3.01. The fourth-order valence-corrected chi connectivity index (χ4v) is 2.68. The van der Waals surface area contributed by atoms with Crippen LogP contribution in [-0.4, -0.2) is 33.5 Å². The molecular weight excluding hydrogens is 308 g/mol. The number of hydrogen-bond acceptors (Lipinski definition) is 5. The van der Waals surface area contributed by atoms with E-state index in [9.17, 15) is 9.59 Å². The third-order valence-electron chi connectivity index (χ3n) is 4.01. The predicted octanol–water partition coefficient (Wildman–Crippen LogP) is 2.47. The lowest BCUT2D eigenvalue weighted by molar-refractivity contribution is -0.117. The van der Waals surface area contributed by atoms with Gasteiger partial charge in [0.2, 0.25) is 5.91 Å². The van der Waals surface area contributed by atoms with Gasteiger partial charge in [0, 0.05) is 24.7 Å². The topological polar surface area (TPSA) is 95.4 Å². The minimum atomic E-state index is -1.10. The van der Waals surface area contributed by atoms with Crippen molar-refractivity contribution >= 4 is 23.4 Å². The fourth-order valence-electron chi connectivity index (χ4n) is 2.68. The number of amides is 1. The normalized spacial score (nSPS) is 15.4. The van der Waals surface area contributed by atoms with Crippen molar-refractivity contribution in [2.45, 2.75) is 25.8 Å². The van der Waals surface area contributed by atoms with E-state index in [4.69, 9.17) is 5.11 Å². The Hall–Kier alpha value is -2.96. The molecule has 2 N–H and O–H groups in total. The van der Waals surface area contributed by atoms with Gasteiger partial charge in [-0.25, -0.2) is 14.8 Å². The zero-order valence-corrected chi connectivity index (χ0v) is 13.3. The van der Waals surface area contributed by atoms with E-state index in [1.54, 1.807) is 4.90 Å². The lowest BCUT2D eigenvalue weighted by Crippen LogP contribution is -2.23. The van der Waals surface area contributed by atoms with E-state index in [0.717, 1.165) is 24.2 Å².